The number of nitrogens with zero attached hydrogens (tertiary/aromatic N) is 2. The minimum atomic E-state index is -4.21. The van der Waals surface area contributed by atoms with Crippen molar-refractivity contribution in [3.05, 3.63) is 93.4 Å². The average Bonchev–Trinajstić information content (AvgIpc) is 2.89. The molecular weight excluding hydrogens is 581 g/mol. The summed E-state index contributed by atoms with van der Waals surface area (Å²) in [7, 11) is -4.21. The highest BCUT2D eigenvalue weighted by atomic mass is 35.5. The quantitative estimate of drug-likeness (QED) is 0.248. The lowest BCUT2D eigenvalue weighted by Crippen LogP contribution is -2.51. The molecule has 0 heterocycles. The van der Waals surface area contributed by atoms with Crippen molar-refractivity contribution in [2.45, 2.75) is 44.2 Å². The number of anilines is 1. The van der Waals surface area contributed by atoms with Crippen LogP contribution in [-0.4, -0.2) is 44.3 Å². The molecule has 0 radical (unpaired) electrons. The molecule has 0 aliphatic carbocycles. The molecule has 1 N–H and O–H groups in total. The van der Waals surface area contributed by atoms with Crippen molar-refractivity contribution in [3.8, 4) is 0 Å². The van der Waals surface area contributed by atoms with Crippen molar-refractivity contribution in [2.75, 3.05) is 17.4 Å². The minimum Gasteiger partial charge on any atom is -0.354 e. The molecule has 3 aromatic carbocycles. The third-order valence-corrected chi connectivity index (χ3v) is 8.44. The number of amides is 2. The summed E-state index contributed by atoms with van der Waals surface area (Å²) in [6.07, 6.45) is 1.69. The Hall–Kier alpha value is -2.78. The molecule has 11 heteroatoms. The average molecular weight is 611 g/mol. The van der Waals surface area contributed by atoms with Crippen LogP contribution in [-0.2, 0) is 26.2 Å². The van der Waals surface area contributed by atoms with E-state index in [0.29, 0.717) is 17.1 Å². The third-order valence-electron chi connectivity index (χ3n) is 5.98. The summed E-state index contributed by atoms with van der Waals surface area (Å²) in [6.45, 7) is 3.52. The molecule has 0 aliphatic heterocycles. The van der Waals surface area contributed by atoms with Gasteiger partial charge in [0.25, 0.3) is 10.0 Å². The summed E-state index contributed by atoms with van der Waals surface area (Å²) in [5.74, 6) is -0.939. The number of unbranched alkanes of at least 4 members (excludes halogenated alkanes) is 1. The van der Waals surface area contributed by atoms with Crippen LogP contribution in [0.2, 0.25) is 15.1 Å². The van der Waals surface area contributed by atoms with Crippen molar-refractivity contribution in [1.29, 1.82) is 0 Å². The standard InChI is InChI=1S/C28H30Cl3N3O4S/c1-3-4-13-32-28(36)20(2)33(18-21-9-8-10-22(29)14-21)27(35)19-34(25-16-23(30)15-24(31)17-25)39(37,38)26-11-6-5-7-12-26/h5-12,14-17,20H,3-4,13,18-19H2,1-2H3,(H,32,36)/t20-/m1/s1. The summed E-state index contributed by atoms with van der Waals surface area (Å²) in [5.41, 5.74) is 0.805. The number of halogens is 3. The molecule has 2 amide bonds. The highest BCUT2D eigenvalue weighted by Crippen LogP contribution is 2.30. The van der Waals surface area contributed by atoms with Gasteiger partial charge in [-0.15, -0.1) is 0 Å². The Bertz CT molecular complexity index is 1380. The maximum absolute atomic E-state index is 13.9. The number of rotatable bonds is 12. The molecule has 1 atom stereocenters. The number of carbonyl (C=O) groups excluding carboxylic acids is 2. The number of benzene rings is 3. The Balaban J connectivity index is 2.02. The lowest BCUT2D eigenvalue weighted by Gasteiger charge is -2.32. The Labute approximate surface area is 244 Å². The smallest absolute Gasteiger partial charge is 0.264 e. The predicted octanol–water partition coefficient (Wildman–Crippen LogP) is 6.18. The Morgan fingerprint density at radius 2 is 1.56 bits per heavy atom. The zero-order valence-corrected chi connectivity index (χ0v) is 24.7. The lowest BCUT2D eigenvalue weighted by atomic mass is 10.1. The second kappa shape index (κ2) is 14.0. The highest BCUT2D eigenvalue weighted by molar-refractivity contribution is 7.92. The first-order valence-electron chi connectivity index (χ1n) is 12.4. The van der Waals surface area contributed by atoms with Crippen LogP contribution in [0.1, 0.15) is 32.3 Å². The third kappa shape index (κ3) is 8.35. The van der Waals surface area contributed by atoms with E-state index in [4.69, 9.17) is 34.8 Å². The molecular formula is C28H30Cl3N3O4S. The van der Waals surface area contributed by atoms with Gasteiger partial charge >= 0.3 is 0 Å². The fourth-order valence-electron chi connectivity index (χ4n) is 3.88. The van der Waals surface area contributed by atoms with Crippen LogP contribution in [0.15, 0.2) is 77.7 Å². The molecule has 0 aromatic heterocycles. The van der Waals surface area contributed by atoms with Gasteiger partial charge < -0.3 is 10.2 Å². The first-order valence-corrected chi connectivity index (χ1v) is 15.0. The maximum Gasteiger partial charge on any atom is 0.264 e. The summed E-state index contributed by atoms with van der Waals surface area (Å²) in [5, 5.41) is 3.73. The predicted molar refractivity (Wildman–Crippen MR) is 157 cm³/mol. The van der Waals surface area contributed by atoms with E-state index in [1.807, 2.05) is 6.92 Å². The van der Waals surface area contributed by atoms with Crippen LogP contribution >= 0.6 is 34.8 Å². The molecule has 3 aromatic rings. The molecule has 0 spiro atoms. The summed E-state index contributed by atoms with van der Waals surface area (Å²) in [6, 6.07) is 18.1. The van der Waals surface area contributed by atoms with Gasteiger partial charge in [-0.2, -0.15) is 0 Å². The molecule has 3 rings (SSSR count). The van der Waals surface area contributed by atoms with Gasteiger partial charge in [-0.1, -0.05) is 78.5 Å². The summed E-state index contributed by atoms with van der Waals surface area (Å²) >= 11 is 18.6. The first-order chi connectivity index (χ1) is 18.5. The molecule has 208 valence electrons. The van der Waals surface area contributed by atoms with Crippen molar-refractivity contribution in [1.82, 2.24) is 10.2 Å². The van der Waals surface area contributed by atoms with Crippen molar-refractivity contribution >= 4 is 62.3 Å². The van der Waals surface area contributed by atoms with E-state index in [2.05, 4.69) is 5.32 Å². The Morgan fingerprint density at radius 3 is 2.18 bits per heavy atom. The van der Waals surface area contributed by atoms with Crippen molar-refractivity contribution < 1.29 is 18.0 Å². The van der Waals surface area contributed by atoms with E-state index in [0.717, 1.165) is 17.1 Å². The van der Waals surface area contributed by atoms with E-state index >= 15 is 0 Å². The molecule has 7 nitrogen and oxygen atoms in total. The van der Waals surface area contributed by atoms with E-state index in [9.17, 15) is 18.0 Å². The fraction of sp³-hybridized carbons (Fsp3) is 0.286. The zero-order valence-electron chi connectivity index (χ0n) is 21.6. The van der Waals surface area contributed by atoms with Gasteiger partial charge in [0.1, 0.15) is 12.6 Å². The number of nitrogens with one attached hydrogen (secondary N) is 1. The second-order valence-corrected chi connectivity index (χ2v) is 12.1. The maximum atomic E-state index is 13.9. The van der Waals surface area contributed by atoms with E-state index < -0.39 is 28.5 Å². The van der Waals surface area contributed by atoms with Crippen LogP contribution in [0.5, 0.6) is 0 Å². The van der Waals surface area contributed by atoms with Gasteiger partial charge in [-0.05, 0) is 61.4 Å². The van der Waals surface area contributed by atoms with Crippen LogP contribution in [0.25, 0.3) is 0 Å². The number of carbonyl (C=O) groups is 2. The largest absolute Gasteiger partial charge is 0.354 e. The molecule has 0 bridgehead atoms. The van der Waals surface area contributed by atoms with Crippen molar-refractivity contribution in [2.24, 2.45) is 0 Å². The van der Waals surface area contributed by atoms with Gasteiger partial charge in [0.2, 0.25) is 11.8 Å². The van der Waals surface area contributed by atoms with Crippen LogP contribution in [0.3, 0.4) is 0 Å². The molecule has 0 saturated carbocycles. The first kappa shape index (κ1) is 30.8. The van der Waals surface area contributed by atoms with Crippen LogP contribution in [0, 0.1) is 0 Å². The number of hydrogen-bond acceptors (Lipinski definition) is 4. The fourth-order valence-corrected chi connectivity index (χ4v) is 6.03. The lowest BCUT2D eigenvalue weighted by molar-refractivity contribution is -0.139. The molecule has 0 unspecified atom stereocenters. The SMILES string of the molecule is CCCCNC(=O)[C@@H](C)N(Cc1cccc(Cl)c1)C(=O)CN(c1cc(Cl)cc(Cl)c1)S(=O)(=O)c1ccccc1. The normalized spacial score (nSPS) is 12.0. The Kier molecular flexibility index (Phi) is 11.1. The van der Waals surface area contributed by atoms with Crippen LogP contribution in [0.4, 0.5) is 5.69 Å². The summed E-state index contributed by atoms with van der Waals surface area (Å²) in [4.78, 5) is 28.2. The zero-order chi connectivity index (χ0) is 28.6. The minimum absolute atomic E-state index is 0.0133. The topological polar surface area (TPSA) is 86.8 Å². The van der Waals surface area contributed by atoms with Gasteiger partial charge in [0.05, 0.1) is 10.6 Å². The van der Waals surface area contributed by atoms with Gasteiger partial charge in [0.15, 0.2) is 0 Å². The van der Waals surface area contributed by atoms with Gasteiger partial charge in [-0.3, -0.25) is 13.9 Å². The van der Waals surface area contributed by atoms with E-state index in [1.165, 1.54) is 35.2 Å². The highest BCUT2D eigenvalue weighted by Gasteiger charge is 2.32. The molecule has 0 fully saturated rings. The summed E-state index contributed by atoms with van der Waals surface area (Å²) < 4.78 is 28.5. The molecule has 0 aliphatic rings. The van der Waals surface area contributed by atoms with E-state index in [1.54, 1.807) is 49.4 Å². The van der Waals surface area contributed by atoms with Crippen LogP contribution < -0.4 is 9.62 Å². The van der Waals surface area contributed by atoms with E-state index in [-0.39, 0.29) is 33.1 Å². The van der Waals surface area contributed by atoms with Gasteiger partial charge in [-0.25, -0.2) is 8.42 Å². The Morgan fingerprint density at radius 1 is 0.897 bits per heavy atom. The second-order valence-electron chi connectivity index (χ2n) is 8.92. The monoisotopic (exact) mass is 609 g/mol. The molecule has 0 saturated heterocycles. The molecule has 39 heavy (non-hydrogen) atoms. The van der Waals surface area contributed by atoms with Gasteiger partial charge in [0, 0.05) is 28.2 Å². The number of sulfonamides is 1. The number of hydrogen-bond donors (Lipinski definition) is 1. The van der Waals surface area contributed by atoms with Crippen molar-refractivity contribution in [3.63, 3.8) is 0 Å².